The molecule has 1 unspecified atom stereocenters. The summed E-state index contributed by atoms with van der Waals surface area (Å²) in [4.78, 5) is 30.1. The standard InChI is InChI=1S/C29H23N3O3S/c1-19(33)30-22-15-17-24(18-16-22)36-27(20-7-3-2-4-8-20)28(34)31-23-13-11-21(12-14-23)29-32-25-9-5-6-10-26(25)35-29/h2-18,27H,1H3,(H,30,33)(H,31,34). The van der Waals surface area contributed by atoms with Crippen LogP contribution in [-0.4, -0.2) is 16.8 Å². The van der Waals surface area contributed by atoms with Crippen LogP contribution in [0.1, 0.15) is 17.7 Å². The van der Waals surface area contributed by atoms with Crippen molar-refractivity contribution in [2.45, 2.75) is 17.1 Å². The van der Waals surface area contributed by atoms with Gasteiger partial charge in [0.2, 0.25) is 17.7 Å². The van der Waals surface area contributed by atoms with E-state index in [0.29, 0.717) is 17.3 Å². The van der Waals surface area contributed by atoms with Crippen LogP contribution in [0.15, 0.2) is 112 Å². The van der Waals surface area contributed by atoms with Gasteiger partial charge in [-0.15, -0.1) is 11.8 Å². The normalized spacial score (nSPS) is 11.7. The van der Waals surface area contributed by atoms with Crippen molar-refractivity contribution in [2.24, 2.45) is 0 Å². The van der Waals surface area contributed by atoms with E-state index in [-0.39, 0.29) is 11.8 Å². The van der Waals surface area contributed by atoms with Crippen molar-refractivity contribution in [2.75, 3.05) is 10.6 Å². The van der Waals surface area contributed by atoms with Gasteiger partial charge >= 0.3 is 0 Å². The number of nitrogens with zero attached hydrogens (tertiary/aromatic N) is 1. The summed E-state index contributed by atoms with van der Waals surface area (Å²) >= 11 is 1.45. The smallest absolute Gasteiger partial charge is 0.242 e. The number of amides is 2. The Kier molecular flexibility index (Phi) is 6.82. The molecule has 7 heteroatoms. The molecule has 178 valence electrons. The first-order chi connectivity index (χ1) is 17.5. The minimum Gasteiger partial charge on any atom is -0.436 e. The van der Waals surface area contributed by atoms with Gasteiger partial charge in [-0.05, 0) is 66.2 Å². The molecular formula is C29H23N3O3S. The highest BCUT2D eigenvalue weighted by Crippen LogP contribution is 2.37. The third-order valence-electron chi connectivity index (χ3n) is 5.46. The van der Waals surface area contributed by atoms with Crippen molar-refractivity contribution in [3.8, 4) is 11.5 Å². The Balaban J connectivity index is 1.33. The number of nitrogens with one attached hydrogen (secondary N) is 2. The van der Waals surface area contributed by atoms with E-state index >= 15 is 0 Å². The zero-order valence-corrected chi connectivity index (χ0v) is 20.3. The van der Waals surface area contributed by atoms with Crippen LogP contribution in [0, 0.1) is 0 Å². The van der Waals surface area contributed by atoms with Crippen LogP contribution in [0.4, 0.5) is 11.4 Å². The lowest BCUT2D eigenvalue weighted by atomic mass is 10.1. The number of hydrogen-bond acceptors (Lipinski definition) is 5. The molecule has 0 bridgehead atoms. The number of carbonyl (C=O) groups excluding carboxylic acids is 2. The first-order valence-corrected chi connectivity index (χ1v) is 12.3. The summed E-state index contributed by atoms with van der Waals surface area (Å²) in [5.41, 5.74) is 4.66. The highest BCUT2D eigenvalue weighted by atomic mass is 32.2. The maximum atomic E-state index is 13.4. The molecule has 1 heterocycles. The Morgan fingerprint density at radius 1 is 0.778 bits per heavy atom. The molecule has 0 radical (unpaired) electrons. The van der Waals surface area contributed by atoms with Crippen molar-refractivity contribution in [3.63, 3.8) is 0 Å². The van der Waals surface area contributed by atoms with E-state index in [0.717, 1.165) is 27.1 Å². The number of carbonyl (C=O) groups is 2. The molecule has 5 rings (SSSR count). The van der Waals surface area contributed by atoms with Gasteiger partial charge < -0.3 is 15.1 Å². The number of hydrogen-bond donors (Lipinski definition) is 2. The van der Waals surface area contributed by atoms with Crippen LogP contribution in [0.3, 0.4) is 0 Å². The second kappa shape index (κ2) is 10.5. The van der Waals surface area contributed by atoms with Crippen LogP contribution in [0.25, 0.3) is 22.6 Å². The highest BCUT2D eigenvalue weighted by Gasteiger charge is 2.22. The van der Waals surface area contributed by atoms with Crippen LogP contribution < -0.4 is 10.6 Å². The third kappa shape index (κ3) is 5.47. The van der Waals surface area contributed by atoms with Crippen molar-refractivity contribution in [3.05, 3.63) is 109 Å². The molecule has 0 aliphatic heterocycles. The number of thioether (sulfide) groups is 1. The van der Waals surface area contributed by atoms with E-state index in [1.807, 2.05) is 103 Å². The lowest BCUT2D eigenvalue weighted by Gasteiger charge is -2.17. The summed E-state index contributed by atoms with van der Waals surface area (Å²) in [6.07, 6.45) is 0. The number of benzene rings is 4. The lowest BCUT2D eigenvalue weighted by Crippen LogP contribution is -2.19. The van der Waals surface area contributed by atoms with Gasteiger partial charge in [0.1, 0.15) is 10.8 Å². The maximum absolute atomic E-state index is 13.4. The van der Waals surface area contributed by atoms with Gasteiger partial charge in [0.25, 0.3) is 0 Å². The van der Waals surface area contributed by atoms with Crippen LogP contribution in [-0.2, 0) is 9.59 Å². The lowest BCUT2D eigenvalue weighted by molar-refractivity contribution is -0.116. The van der Waals surface area contributed by atoms with Gasteiger partial charge in [-0.1, -0.05) is 42.5 Å². The Morgan fingerprint density at radius 2 is 1.42 bits per heavy atom. The summed E-state index contributed by atoms with van der Waals surface area (Å²) in [6, 6.07) is 32.2. The Bertz CT molecular complexity index is 1460. The largest absolute Gasteiger partial charge is 0.436 e. The Labute approximate surface area is 212 Å². The molecule has 0 saturated carbocycles. The first kappa shape index (κ1) is 23.4. The zero-order chi connectivity index (χ0) is 24.9. The number of rotatable bonds is 7. The van der Waals surface area contributed by atoms with E-state index in [1.165, 1.54) is 18.7 Å². The SMILES string of the molecule is CC(=O)Nc1ccc(SC(C(=O)Nc2ccc(-c3nc4ccccc4o3)cc2)c2ccccc2)cc1. The summed E-state index contributed by atoms with van der Waals surface area (Å²) in [6.45, 7) is 1.47. The molecule has 5 aromatic rings. The molecular weight excluding hydrogens is 470 g/mol. The van der Waals surface area contributed by atoms with E-state index in [4.69, 9.17) is 4.42 Å². The van der Waals surface area contributed by atoms with E-state index in [9.17, 15) is 9.59 Å². The minimum atomic E-state index is -0.463. The predicted octanol–water partition coefficient (Wildman–Crippen LogP) is 6.93. The maximum Gasteiger partial charge on any atom is 0.242 e. The monoisotopic (exact) mass is 493 g/mol. The van der Waals surface area contributed by atoms with Crippen LogP contribution >= 0.6 is 11.8 Å². The fraction of sp³-hybridized carbons (Fsp3) is 0.0690. The van der Waals surface area contributed by atoms with Gasteiger partial charge in [-0.25, -0.2) is 4.98 Å². The van der Waals surface area contributed by atoms with Gasteiger partial charge in [0.05, 0.1) is 0 Å². The van der Waals surface area contributed by atoms with Crippen LogP contribution in [0.2, 0.25) is 0 Å². The topological polar surface area (TPSA) is 84.2 Å². The Hall–Kier alpha value is -4.36. The number of fused-ring (bicyclic) bond motifs is 1. The van der Waals surface area contributed by atoms with Crippen molar-refractivity contribution < 1.29 is 14.0 Å². The van der Waals surface area contributed by atoms with Gasteiger partial charge in [-0.3, -0.25) is 9.59 Å². The summed E-state index contributed by atoms with van der Waals surface area (Å²) in [7, 11) is 0. The summed E-state index contributed by atoms with van der Waals surface area (Å²) in [5, 5.41) is 5.33. The molecule has 36 heavy (non-hydrogen) atoms. The molecule has 1 aromatic heterocycles. The van der Waals surface area contributed by atoms with Crippen molar-refractivity contribution >= 4 is 46.1 Å². The van der Waals surface area contributed by atoms with Gasteiger partial charge in [0.15, 0.2) is 5.58 Å². The van der Waals surface area contributed by atoms with E-state index in [1.54, 1.807) is 0 Å². The first-order valence-electron chi connectivity index (χ1n) is 11.4. The second-order valence-electron chi connectivity index (χ2n) is 8.17. The molecule has 6 nitrogen and oxygen atoms in total. The number of oxazole rings is 1. The summed E-state index contributed by atoms with van der Waals surface area (Å²) < 4.78 is 5.84. The number of anilines is 2. The molecule has 2 amide bonds. The zero-order valence-electron chi connectivity index (χ0n) is 19.5. The average molecular weight is 494 g/mol. The molecule has 0 fully saturated rings. The van der Waals surface area contributed by atoms with Gasteiger partial charge in [0, 0.05) is 28.8 Å². The average Bonchev–Trinajstić information content (AvgIpc) is 3.33. The predicted molar refractivity (Wildman–Crippen MR) is 144 cm³/mol. The quantitative estimate of drug-likeness (QED) is 0.240. The number of para-hydroxylation sites is 2. The Morgan fingerprint density at radius 3 is 2.11 bits per heavy atom. The van der Waals surface area contributed by atoms with E-state index in [2.05, 4.69) is 15.6 Å². The molecule has 4 aromatic carbocycles. The van der Waals surface area contributed by atoms with E-state index < -0.39 is 5.25 Å². The molecule has 0 saturated heterocycles. The number of aromatic nitrogens is 1. The second-order valence-corrected chi connectivity index (χ2v) is 9.35. The van der Waals surface area contributed by atoms with Crippen molar-refractivity contribution in [1.29, 1.82) is 0 Å². The van der Waals surface area contributed by atoms with Crippen LogP contribution in [0.5, 0.6) is 0 Å². The molecule has 1 atom stereocenters. The summed E-state index contributed by atoms with van der Waals surface area (Å²) in [5.74, 6) is 0.278. The third-order valence-corrected chi connectivity index (χ3v) is 6.73. The molecule has 0 aliphatic carbocycles. The molecule has 0 spiro atoms. The highest BCUT2D eigenvalue weighted by molar-refractivity contribution is 8.00. The van der Waals surface area contributed by atoms with Crippen molar-refractivity contribution in [1.82, 2.24) is 4.98 Å². The minimum absolute atomic E-state index is 0.126. The molecule has 2 N–H and O–H groups in total. The van der Waals surface area contributed by atoms with Gasteiger partial charge in [-0.2, -0.15) is 0 Å². The fourth-order valence-corrected chi connectivity index (χ4v) is 4.78. The molecule has 0 aliphatic rings. The fourth-order valence-electron chi connectivity index (χ4n) is 3.76.